The number of carbonyl (C=O) groups excluding carboxylic acids is 2. The van der Waals surface area contributed by atoms with Crippen LogP contribution in [0.15, 0.2) is 27.0 Å². The number of amides is 2. The van der Waals surface area contributed by atoms with Crippen molar-refractivity contribution < 1.29 is 24.7 Å². The fourth-order valence-electron chi connectivity index (χ4n) is 3.05. The molecule has 0 bridgehead atoms. The van der Waals surface area contributed by atoms with Gasteiger partial charge in [0.05, 0.1) is 0 Å². The minimum absolute atomic E-state index is 0.0556. The molecule has 2 aliphatic heterocycles. The predicted octanol–water partition coefficient (Wildman–Crippen LogP) is -1.87. The highest BCUT2D eigenvalue weighted by Gasteiger charge is 2.54. The Hall–Kier alpha value is -3.38. The number of nitrogens with one attached hydrogen (secondary N) is 1. The number of fused-ring (bicyclic) bond motifs is 1. The van der Waals surface area contributed by atoms with E-state index < -0.39 is 34.9 Å². The van der Waals surface area contributed by atoms with E-state index in [0.29, 0.717) is 11.3 Å². The number of thiazole rings is 1. The van der Waals surface area contributed by atoms with Gasteiger partial charge in [-0.15, -0.1) is 27.9 Å². The monoisotopic (exact) mass is 498 g/mol. The molecule has 2 atom stereocenters. The van der Waals surface area contributed by atoms with Gasteiger partial charge >= 0.3 is 5.97 Å². The summed E-state index contributed by atoms with van der Waals surface area (Å²) in [5.74, 6) is 3.34. The van der Waals surface area contributed by atoms with Crippen molar-refractivity contribution >= 4 is 63.5 Å². The van der Waals surface area contributed by atoms with Gasteiger partial charge in [0.1, 0.15) is 22.8 Å². The number of tetrazole rings is 1. The van der Waals surface area contributed by atoms with E-state index in [1.54, 1.807) is 0 Å². The van der Waals surface area contributed by atoms with Crippen LogP contribution in [-0.2, 0) is 14.4 Å². The molecule has 1 fully saturated rings. The maximum atomic E-state index is 12.7. The summed E-state index contributed by atoms with van der Waals surface area (Å²) in [5.41, 5.74) is 5.51. The van der Waals surface area contributed by atoms with E-state index in [1.807, 2.05) is 0 Å². The van der Waals surface area contributed by atoms with E-state index in [4.69, 9.17) is 11.6 Å². The van der Waals surface area contributed by atoms with Crippen LogP contribution in [0.5, 0.6) is 0 Å². The van der Waals surface area contributed by atoms with Crippen LogP contribution < -0.4 is 16.9 Å². The van der Waals surface area contributed by atoms with Crippen molar-refractivity contribution in [3.05, 3.63) is 22.3 Å². The number of nitrogen functional groups attached to an aromatic ring is 2. The van der Waals surface area contributed by atoms with Crippen molar-refractivity contribution in [2.45, 2.75) is 16.6 Å². The number of nitrogens with zero attached hydrogens (tertiary/aromatic N) is 7. The molecule has 32 heavy (non-hydrogen) atoms. The molecule has 4 rings (SSSR count). The van der Waals surface area contributed by atoms with E-state index in [0.717, 1.165) is 32.8 Å². The van der Waals surface area contributed by atoms with E-state index in [-0.39, 0.29) is 27.4 Å². The number of aliphatic carboxylic acids is 1. The maximum Gasteiger partial charge on any atom is 0.352 e. The number of oxime groups is 1. The first-order valence-electron chi connectivity index (χ1n) is 8.62. The molecule has 0 unspecified atom stereocenters. The molecule has 0 saturated carbocycles. The molecule has 15 nitrogen and oxygen atoms in total. The van der Waals surface area contributed by atoms with Crippen LogP contribution >= 0.6 is 34.9 Å². The first-order valence-corrected chi connectivity index (χ1v) is 11.5. The lowest BCUT2D eigenvalue weighted by atomic mass is 10.0. The van der Waals surface area contributed by atoms with Crippen LogP contribution in [-0.4, -0.2) is 86.9 Å². The predicted molar refractivity (Wildman–Crippen MR) is 113 cm³/mol. The molecule has 168 valence electrons. The molecule has 1 saturated heterocycles. The van der Waals surface area contributed by atoms with Gasteiger partial charge in [0.2, 0.25) is 5.16 Å². The summed E-state index contributed by atoms with van der Waals surface area (Å²) in [7, 11) is 0. The topological polar surface area (TPSA) is 228 Å². The average Bonchev–Trinajstić information content (AvgIpc) is 3.37. The third-order valence-electron chi connectivity index (χ3n) is 4.45. The van der Waals surface area contributed by atoms with Gasteiger partial charge in [-0.1, -0.05) is 22.0 Å². The highest BCUT2D eigenvalue weighted by molar-refractivity contribution is 8.01. The van der Waals surface area contributed by atoms with Crippen molar-refractivity contribution in [2.24, 2.45) is 5.16 Å². The highest BCUT2D eigenvalue weighted by atomic mass is 32.2. The Morgan fingerprint density at radius 2 is 2.22 bits per heavy atom. The maximum absolute atomic E-state index is 12.7. The standard InChI is InChI=1S/C14H14N10O5S3/c15-13-17-5(3-31-13)6(20-29)9(25)18-7-10(26)23-8(12(27)28)4(1-30-11(7)23)2-32-14-19-21-22-24(14)16/h3,7,11,29H,1-2,16H2,(H2,15,17)(H,18,25)(H,27,28)/b20-6-/t7-,11-/m1/s1. The minimum Gasteiger partial charge on any atom is -0.477 e. The smallest absolute Gasteiger partial charge is 0.352 e. The second-order valence-corrected chi connectivity index (χ2v) is 9.27. The summed E-state index contributed by atoms with van der Waals surface area (Å²) in [5, 5.41) is 36.2. The van der Waals surface area contributed by atoms with E-state index in [9.17, 15) is 24.7 Å². The number of aromatic nitrogens is 5. The van der Waals surface area contributed by atoms with Gasteiger partial charge in [0, 0.05) is 16.9 Å². The number of rotatable bonds is 7. The Balaban J connectivity index is 1.48. The van der Waals surface area contributed by atoms with Crippen molar-refractivity contribution in [1.82, 2.24) is 35.5 Å². The van der Waals surface area contributed by atoms with Gasteiger partial charge in [-0.2, -0.15) is 0 Å². The van der Waals surface area contributed by atoms with Crippen LogP contribution in [0.25, 0.3) is 0 Å². The lowest BCUT2D eigenvalue weighted by Crippen LogP contribution is -2.71. The van der Waals surface area contributed by atoms with Crippen LogP contribution in [0.3, 0.4) is 0 Å². The Morgan fingerprint density at radius 1 is 1.44 bits per heavy atom. The molecule has 0 spiro atoms. The summed E-state index contributed by atoms with van der Waals surface area (Å²) >= 11 is 3.47. The summed E-state index contributed by atoms with van der Waals surface area (Å²) in [4.78, 5) is 43.1. The fourth-order valence-corrected chi connectivity index (χ4v) is 5.87. The van der Waals surface area contributed by atoms with E-state index >= 15 is 0 Å². The fraction of sp³-hybridized carbons (Fsp3) is 0.286. The zero-order chi connectivity index (χ0) is 23.0. The van der Waals surface area contributed by atoms with Crippen molar-refractivity contribution in [2.75, 3.05) is 23.1 Å². The molecule has 18 heteroatoms. The van der Waals surface area contributed by atoms with Gasteiger partial charge in [-0.05, 0) is 16.0 Å². The second-order valence-electron chi connectivity index (χ2n) is 6.33. The van der Waals surface area contributed by atoms with Gasteiger partial charge < -0.3 is 27.2 Å². The number of carbonyl (C=O) groups is 3. The minimum atomic E-state index is -1.27. The van der Waals surface area contributed by atoms with Crippen LogP contribution in [0.2, 0.25) is 0 Å². The summed E-state index contributed by atoms with van der Waals surface area (Å²) < 4.78 is 0. The van der Waals surface area contributed by atoms with Crippen LogP contribution in [0, 0.1) is 0 Å². The third kappa shape index (κ3) is 3.82. The van der Waals surface area contributed by atoms with Crippen molar-refractivity contribution in [3.8, 4) is 0 Å². The molecule has 0 radical (unpaired) electrons. The summed E-state index contributed by atoms with van der Waals surface area (Å²) in [6, 6.07) is -1.000. The number of anilines is 1. The highest BCUT2D eigenvalue weighted by Crippen LogP contribution is 2.41. The quantitative estimate of drug-likeness (QED) is 0.0705. The SMILES string of the molecule is Nc1nc(/C(=N/O)C(=O)N[C@@H]2C(=O)N3C(C(=O)O)=C(CSc4nnnn4N)CS[C@H]23)cs1. The Bertz CT molecular complexity index is 1160. The first kappa shape index (κ1) is 21.8. The Labute approximate surface area is 190 Å². The number of β-lactam (4-membered cyclic amide) rings is 1. The number of carboxylic acids is 1. The Kier molecular flexibility index (Phi) is 5.89. The number of hydrogen-bond acceptors (Lipinski definition) is 14. The molecule has 0 aliphatic carbocycles. The zero-order valence-electron chi connectivity index (χ0n) is 15.8. The van der Waals surface area contributed by atoms with Gasteiger partial charge in [-0.25, -0.2) is 9.78 Å². The number of carboxylic acid groups (broad SMARTS) is 1. The van der Waals surface area contributed by atoms with E-state index in [2.05, 4.69) is 31.0 Å². The van der Waals surface area contributed by atoms with Gasteiger partial charge in [0.25, 0.3) is 11.8 Å². The van der Waals surface area contributed by atoms with Crippen molar-refractivity contribution in [1.29, 1.82) is 0 Å². The van der Waals surface area contributed by atoms with E-state index in [1.165, 1.54) is 17.1 Å². The molecule has 2 amide bonds. The van der Waals surface area contributed by atoms with Crippen LogP contribution in [0.1, 0.15) is 5.69 Å². The molecular formula is C14H14N10O5S3. The first-order chi connectivity index (χ1) is 15.3. The van der Waals surface area contributed by atoms with Crippen molar-refractivity contribution in [3.63, 3.8) is 0 Å². The number of hydrogen-bond donors (Lipinski definition) is 5. The average molecular weight is 499 g/mol. The number of thioether (sulfide) groups is 2. The largest absolute Gasteiger partial charge is 0.477 e. The molecule has 2 aromatic heterocycles. The molecule has 0 aromatic carbocycles. The number of nitrogens with two attached hydrogens (primary N) is 2. The zero-order valence-corrected chi connectivity index (χ0v) is 18.2. The molecule has 4 heterocycles. The summed E-state index contributed by atoms with van der Waals surface area (Å²) in [6.07, 6.45) is 0. The lowest BCUT2D eigenvalue weighted by molar-refractivity contribution is -0.150. The van der Waals surface area contributed by atoms with Gasteiger partial charge in [-0.3, -0.25) is 14.5 Å². The normalized spacial score (nSPS) is 20.7. The second kappa shape index (κ2) is 8.63. The summed E-state index contributed by atoms with van der Waals surface area (Å²) in [6.45, 7) is 0. The molecule has 2 aromatic rings. The lowest BCUT2D eigenvalue weighted by Gasteiger charge is -2.49. The van der Waals surface area contributed by atoms with Gasteiger partial charge in [0.15, 0.2) is 10.8 Å². The third-order valence-corrected chi connectivity index (χ3v) is 7.49. The molecular weight excluding hydrogens is 484 g/mol. The molecule has 2 aliphatic rings. The van der Waals surface area contributed by atoms with Crippen LogP contribution in [0.4, 0.5) is 5.13 Å². The Morgan fingerprint density at radius 3 is 2.81 bits per heavy atom. The molecule has 7 N–H and O–H groups in total.